The molecule has 0 radical (unpaired) electrons. The highest BCUT2D eigenvalue weighted by molar-refractivity contribution is 5.80. The maximum Gasteiger partial charge on any atom is 0.191 e. The number of nitrogens with zero attached hydrogens (tertiary/aromatic N) is 4. The molecule has 0 amide bonds. The maximum atomic E-state index is 4.76. The fourth-order valence-electron chi connectivity index (χ4n) is 4.03. The van der Waals surface area contributed by atoms with E-state index in [0.29, 0.717) is 6.04 Å². The summed E-state index contributed by atoms with van der Waals surface area (Å²) in [5.41, 5.74) is 1.21. The molecule has 3 rings (SSSR count). The van der Waals surface area contributed by atoms with Gasteiger partial charge in [0.15, 0.2) is 5.96 Å². The summed E-state index contributed by atoms with van der Waals surface area (Å²) < 4.78 is 2.00. The number of hydrogen-bond acceptors (Lipinski definition) is 3. The third-order valence-corrected chi connectivity index (χ3v) is 5.32. The molecule has 0 bridgehead atoms. The zero-order valence-electron chi connectivity index (χ0n) is 15.9. The van der Waals surface area contributed by atoms with Crippen LogP contribution in [-0.4, -0.2) is 58.9 Å². The van der Waals surface area contributed by atoms with Crippen molar-refractivity contribution < 1.29 is 0 Å². The van der Waals surface area contributed by atoms with E-state index in [4.69, 9.17) is 4.99 Å². The lowest BCUT2D eigenvalue weighted by Gasteiger charge is -2.24. The van der Waals surface area contributed by atoms with Gasteiger partial charge in [-0.25, -0.2) is 0 Å². The summed E-state index contributed by atoms with van der Waals surface area (Å²) in [5.74, 6) is 0.970. The van der Waals surface area contributed by atoms with E-state index in [1.807, 2.05) is 10.9 Å². The molecular weight excluding hydrogens is 312 g/mol. The summed E-state index contributed by atoms with van der Waals surface area (Å²) in [6.45, 7) is 9.27. The Morgan fingerprint density at radius 1 is 1.32 bits per heavy atom. The summed E-state index contributed by atoms with van der Waals surface area (Å²) in [6.07, 6.45) is 11.9. The van der Waals surface area contributed by atoms with Crippen LogP contribution in [0, 0.1) is 6.92 Å². The second-order valence-electron chi connectivity index (χ2n) is 7.46. The lowest BCUT2D eigenvalue weighted by atomic mass is 10.2. The quantitative estimate of drug-likeness (QED) is 0.451. The minimum atomic E-state index is 0.534. The first-order valence-electron chi connectivity index (χ1n) is 10.0. The second-order valence-corrected chi connectivity index (χ2v) is 7.46. The Morgan fingerprint density at radius 3 is 2.88 bits per heavy atom. The molecule has 1 aliphatic carbocycles. The van der Waals surface area contributed by atoms with Crippen molar-refractivity contribution in [3.05, 3.63) is 18.0 Å². The third-order valence-electron chi connectivity index (χ3n) is 5.32. The van der Waals surface area contributed by atoms with Gasteiger partial charge in [0.25, 0.3) is 0 Å². The molecule has 25 heavy (non-hydrogen) atoms. The number of aryl methyl sites for hydroxylation is 2. The SMILES string of the molecule is CCNC(=NCCCn1cc(C)cn1)NC1CCN(C2CCCC2)C1. The van der Waals surface area contributed by atoms with Gasteiger partial charge in [0.1, 0.15) is 0 Å². The van der Waals surface area contributed by atoms with Gasteiger partial charge in [-0.1, -0.05) is 12.8 Å². The monoisotopic (exact) mass is 346 g/mol. The molecule has 1 saturated heterocycles. The highest BCUT2D eigenvalue weighted by Crippen LogP contribution is 2.26. The number of aliphatic imine (C=N–C) groups is 1. The average Bonchev–Trinajstić information content (AvgIpc) is 3.33. The Morgan fingerprint density at radius 2 is 2.16 bits per heavy atom. The van der Waals surface area contributed by atoms with Crippen LogP contribution in [0.4, 0.5) is 0 Å². The van der Waals surface area contributed by atoms with Gasteiger partial charge in [-0.15, -0.1) is 0 Å². The van der Waals surface area contributed by atoms with Crippen LogP contribution >= 0.6 is 0 Å². The van der Waals surface area contributed by atoms with Crippen molar-refractivity contribution in [2.45, 2.75) is 71.0 Å². The van der Waals surface area contributed by atoms with Gasteiger partial charge in [0.05, 0.1) is 6.20 Å². The zero-order chi connectivity index (χ0) is 17.5. The fourth-order valence-corrected chi connectivity index (χ4v) is 4.03. The summed E-state index contributed by atoms with van der Waals surface area (Å²) in [4.78, 5) is 7.44. The van der Waals surface area contributed by atoms with E-state index < -0.39 is 0 Å². The maximum absolute atomic E-state index is 4.76. The van der Waals surface area contributed by atoms with Gasteiger partial charge in [-0.05, 0) is 45.1 Å². The van der Waals surface area contributed by atoms with Crippen LogP contribution in [0.1, 0.15) is 51.0 Å². The van der Waals surface area contributed by atoms with Gasteiger partial charge in [0.2, 0.25) is 0 Å². The summed E-state index contributed by atoms with van der Waals surface area (Å²) in [7, 11) is 0. The van der Waals surface area contributed by atoms with Crippen LogP contribution in [0.3, 0.4) is 0 Å². The Bertz CT molecular complexity index is 546. The normalized spacial score (nSPS) is 22.6. The van der Waals surface area contributed by atoms with Crippen molar-refractivity contribution in [2.75, 3.05) is 26.2 Å². The molecule has 140 valence electrons. The minimum absolute atomic E-state index is 0.534. The molecule has 2 heterocycles. The Balaban J connectivity index is 1.42. The average molecular weight is 347 g/mol. The molecule has 1 aliphatic heterocycles. The van der Waals surface area contributed by atoms with Crippen molar-refractivity contribution in [3.63, 3.8) is 0 Å². The van der Waals surface area contributed by atoms with Crippen molar-refractivity contribution in [1.29, 1.82) is 0 Å². The predicted molar refractivity (Wildman–Crippen MR) is 103 cm³/mol. The van der Waals surface area contributed by atoms with E-state index in [1.54, 1.807) is 0 Å². The summed E-state index contributed by atoms with van der Waals surface area (Å²) >= 11 is 0. The molecule has 6 heteroatoms. The predicted octanol–water partition coefficient (Wildman–Crippen LogP) is 2.15. The summed E-state index contributed by atoms with van der Waals surface area (Å²) in [6, 6.07) is 1.37. The van der Waals surface area contributed by atoms with Crippen LogP contribution < -0.4 is 10.6 Å². The molecule has 2 N–H and O–H groups in total. The van der Waals surface area contributed by atoms with E-state index in [9.17, 15) is 0 Å². The number of rotatable bonds is 7. The topological polar surface area (TPSA) is 57.5 Å². The van der Waals surface area contributed by atoms with Crippen LogP contribution in [0.5, 0.6) is 0 Å². The van der Waals surface area contributed by atoms with E-state index in [-0.39, 0.29) is 0 Å². The van der Waals surface area contributed by atoms with Crippen molar-refractivity contribution >= 4 is 5.96 Å². The van der Waals surface area contributed by atoms with Crippen LogP contribution in [0.2, 0.25) is 0 Å². The molecule has 0 aromatic carbocycles. The van der Waals surface area contributed by atoms with Gasteiger partial charge in [-0.3, -0.25) is 14.6 Å². The molecule has 2 aliphatic rings. The van der Waals surface area contributed by atoms with Crippen LogP contribution in [0.25, 0.3) is 0 Å². The van der Waals surface area contributed by atoms with Crippen LogP contribution in [-0.2, 0) is 6.54 Å². The molecule has 1 atom stereocenters. The van der Waals surface area contributed by atoms with Crippen molar-refractivity contribution in [2.24, 2.45) is 4.99 Å². The highest BCUT2D eigenvalue weighted by Gasteiger charge is 2.30. The number of guanidine groups is 1. The molecule has 0 spiro atoms. The Hall–Kier alpha value is -1.56. The van der Waals surface area contributed by atoms with Crippen molar-refractivity contribution in [3.8, 4) is 0 Å². The molecule has 1 aromatic heterocycles. The van der Waals surface area contributed by atoms with Crippen LogP contribution in [0.15, 0.2) is 17.4 Å². The first-order chi connectivity index (χ1) is 12.2. The smallest absolute Gasteiger partial charge is 0.191 e. The van der Waals surface area contributed by atoms with E-state index in [2.05, 4.69) is 40.7 Å². The van der Waals surface area contributed by atoms with Gasteiger partial charge in [-0.2, -0.15) is 5.10 Å². The minimum Gasteiger partial charge on any atom is -0.357 e. The number of aromatic nitrogens is 2. The molecule has 1 saturated carbocycles. The highest BCUT2D eigenvalue weighted by atomic mass is 15.3. The van der Waals surface area contributed by atoms with Gasteiger partial charge in [0, 0.05) is 51.0 Å². The largest absolute Gasteiger partial charge is 0.357 e. The van der Waals surface area contributed by atoms with Crippen molar-refractivity contribution in [1.82, 2.24) is 25.3 Å². The lowest BCUT2D eigenvalue weighted by Crippen LogP contribution is -2.45. The van der Waals surface area contributed by atoms with E-state index >= 15 is 0 Å². The standard InChI is InChI=1S/C19H34N6/c1-3-20-19(21-10-6-11-25-14-16(2)13-22-25)23-17-9-12-24(15-17)18-7-4-5-8-18/h13-14,17-18H,3-12,15H2,1-2H3,(H2,20,21,23). The lowest BCUT2D eigenvalue weighted by molar-refractivity contribution is 0.242. The van der Waals surface area contributed by atoms with Gasteiger partial charge >= 0.3 is 0 Å². The number of hydrogen-bond donors (Lipinski definition) is 2. The Kier molecular flexibility index (Phi) is 6.73. The second kappa shape index (κ2) is 9.22. The number of nitrogens with one attached hydrogen (secondary N) is 2. The summed E-state index contributed by atoms with van der Waals surface area (Å²) in [5, 5.41) is 11.4. The first-order valence-corrected chi connectivity index (χ1v) is 10.0. The Labute approximate surface area is 152 Å². The fraction of sp³-hybridized carbons (Fsp3) is 0.789. The van der Waals surface area contributed by atoms with Gasteiger partial charge < -0.3 is 10.6 Å². The molecule has 2 fully saturated rings. The zero-order valence-corrected chi connectivity index (χ0v) is 15.9. The third kappa shape index (κ3) is 5.46. The molecule has 1 unspecified atom stereocenters. The molecular formula is C19H34N6. The molecule has 1 aromatic rings. The molecule has 6 nitrogen and oxygen atoms in total. The van der Waals surface area contributed by atoms with E-state index in [1.165, 1.54) is 50.8 Å². The first kappa shape index (κ1) is 18.2. The van der Waals surface area contributed by atoms with E-state index in [0.717, 1.165) is 38.1 Å². The number of likely N-dealkylation sites (tertiary alicyclic amines) is 1.